The summed E-state index contributed by atoms with van der Waals surface area (Å²) in [6, 6.07) is 13.5. The first kappa shape index (κ1) is 19.0. The van der Waals surface area contributed by atoms with Crippen molar-refractivity contribution < 1.29 is 13.6 Å². The van der Waals surface area contributed by atoms with Crippen LogP contribution in [0.5, 0.6) is 0 Å². The SMILES string of the molecule is O=C(c1ccc(F)cc1)N1CCC[C@@H](c2ccnc(Nc3cccc(F)c3)n2)C1. The highest BCUT2D eigenvalue weighted by Crippen LogP contribution is 2.27. The lowest BCUT2D eigenvalue weighted by molar-refractivity contribution is 0.0706. The first-order chi connectivity index (χ1) is 14.1. The Morgan fingerprint density at radius 2 is 1.90 bits per heavy atom. The van der Waals surface area contributed by atoms with Crippen molar-refractivity contribution >= 4 is 17.5 Å². The van der Waals surface area contributed by atoms with Gasteiger partial charge < -0.3 is 10.2 Å². The van der Waals surface area contributed by atoms with Gasteiger partial charge in [0.15, 0.2) is 0 Å². The van der Waals surface area contributed by atoms with Gasteiger partial charge in [0.2, 0.25) is 5.95 Å². The molecule has 1 atom stereocenters. The minimum Gasteiger partial charge on any atom is -0.338 e. The number of likely N-dealkylation sites (tertiary alicyclic amines) is 1. The Kier molecular flexibility index (Phi) is 5.46. The smallest absolute Gasteiger partial charge is 0.253 e. The van der Waals surface area contributed by atoms with E-state index in [-0.39, 0.29) is 23.5 Å². The predicted molar refractivity (Wildman–Crippen MR) is 106 cm³/mol. The molecule has 0 aliphatic carbocycles. The van der Waals surface area contributed by atoms with Crippen molar-refractivity contribution in [1.29, 1.82) is 0 Å². The van der Waals surface area contributed by atoms with Crippen LogP contribution >= 0.6 is 0 Å². The van der Waals surface area contributed by atoms with E-state index in [1.54, 1.807) is 23.2 Å². The van der Waals surface area contributed by atoms with Crippen LogP contribution in [0, 0.1) is 11.6 Å². The number of nitrogens with one attached hydrogen (secondary N) is 1. The molecule has 0 unspecified atom stereocenters. The van der Waals surface area contributed by atoms with Crippen LogP contribution < -0.4 is 5.32 Å². The van der Waals surface area contributed by atoms with Gasteiger partial charge in [-0.3, -0.25) is 4.79 Å². The Labute approximate surface area is 167 Å². The molecule has 0 saturated carbocycles. The van der Waals surface area contributed by atoms with Crippen molar-refractivity contribution in [2.24, 2.45) is 0 Å². The van der Waals surface area contributed by atoms with E-state index < -0.39 is 0 Å². The summed E-state index contributed by atoms with van der Waals surface area (Å²) in [4.78, 5) is 23.3. The molecular formula is C22H20F2N4O. The molecular weight excluding hydrogens is 374 g/mol. The van der Waals surface area contributed by atoms with Crippen LogP contribution in [-0.2, 0) is 0 Å². The Balaban J connectivity index is 1.48. The lowest BCUT2D eigenvalue weighted by Crippen LogP contribution is -2.39. The number of rotatable bonds is 4. The molecule has 2 aromatic carbocycles. The normalized spacial score (nSPS) is 16.5. The highest BCUT2D eigenvalue weighted by molar-refractivity contribution is 5.94. The van der Waals surface area contributed by atoms with Crippen LogP contribution in [0.1, 0.15) is 34.8 Å². The molecule has 7 heteroatoms. The van der Waals surface area contributed by atoms with Crippen LogP contribution in [0.3, 0.4) is 0 Å². The molecule has 1 aromatic heterocycles. The number of carbonyl (C=O) groups is 1. The van der Waals surface area contributed by atoms with Crippen LogP contribution in [0.2, 0.25) is 0 Å². The highest BCUT2D eigenvalue weighted by Gasteiger charge is 2.26. The van der Waals surface area contributed by atoms with E-state index in [0.29, 0.717) is 30.3 Å². The van der Waals surface area contributed by atoms with Gasteiger partial charge >= 0.3 is 0 Å². The molecule has 2 heterocycles. The highest BCUT2D eigenvalue weighted by atomic mass is 19.1. The number of benzene rings is 2. The molecule has 0 spiro atoms. The second-order valence-electron chi connectivity index (χ2n) is 7.04. The fourth-order valence-corrected chi connectivity index (χ4v) is 3.53. The van der Waals surface area contributed by atoms with Gasteiger partial charge in [0, 0.05) is 36.5 Å². The van der Waals surface area contributed by atoms with Crippen molar-refractivity contribution in [2.75, 3.05) is 18.4 Å². The van der Waals surface area contributed by atoms with Gasteiger partial charge in [-0.15, -0.1) is 0 Å². The molecule has 1 saturated heterocycles. The molecule has 148 valence electrons. The molecule has 1 aliphatic rings. The molecule has 3 aromatic rings. The molecule has 0 bridgehead atoms. The minimum absolute atomic E-state index is 0.0733. The third-order valence-corrected chi connectivity index (χ3v) is 4.98. The summed E-state index contributed by atoms with van der Waals surface area (Å²) in [6.07, 6.45) is 3.42. The van der Waals surface area contributed by atoms with Crippen molar-refractivity contribution in [1.82, 2.24) is 14.9 Å². The van der Waals surface area contributed by atoms with E-state index >= 15 is 0 Å². The number of halogens is 2. The molecule has 4 rings (SSSR count). The third-order valence-electron chi connectivity index (χ3n) is 4.98. The molecule has 1 amide bonds. The summed E-state index contributed by atoms with van der Waals surface area (Å²) in [5.41, 5.74) is 1.87. The van der Waals surface area contributed by atoms with Crippen LogP contribution in [0.25, 0.3) is 0 Å². The topological polar surface area (TPSA) is 58.1 Å². The Bertz CT molecular complexity index is 1010. The van der Waals surface area contributed by atoms with Gasteiger partial charge in [0.1, 0.15) is 11.6 Å². The van der Waals surface area contributed by atoms with E-state index in [4.69, 9.17) is 0 Å². The van der Waals surface area contributed by atoms with Crippen molar-refractivity contribution in [2.45, 2.75) is 18.8 Å². The Hall–Kier alpha value is -3.35. The molecule has 1 fully saturated rings. The average molecular weight is 394 g/mol. The maximum absolute atomic E-state index is 13.4. The fourth-order valence-electron chi connectivity index (χ4n) is 3.53. The van der Waals surface area contributed by atoms with Gasteiger partial charge in [-0.2, -0.15) is 0 Å². The molecule has 1 aliphatic heterocycles. The van der Waals surface area contributed by atoms with Gasteiger partial charge in [-0.05, 0) is 61.4 Å². The van der Waals surface area contributed by atoms with Crippen molar-refractivity contribution in [3.8, 4) is 0 Å². The zero-order valence-electron chi connectivity index (χ0n) is 15.7. The summed E-state index contributed by atoms with van der Waals surface area (Å²) in [5, 5.41) is 3.01. The summed E-state index contributed by atoms with van der Waals surface area (Å²) in [5.74, 6) is -0.355. The minimum atomic E-state index is -0.364. The van der Waals surface area contributed by atoms with Gasteiger partial charge in [-0.25, -0.2) is 18.7 Å². The number of nitrogens with zero attached hydrogens (tertiary/aromatic N) is 3. The maximum atomic E-state index is 13.4. The number of anilines is 2. The van der Waals surface area contributed by atoms with E-state index in [1.807, 2.05) is 6.07 Å². The predicted octanol–water partition coefficient (Wildman–Crippen LogP) is 4.52. The second kappa shape index (κ2) is 8.34. The summed E-state index contributed by atoms with van der Waals surface area (Å²) in [6.45, 7) is 1.19. The van der Waals surface area contributed by atoms with Gasteiger partial charge in [0.25, 0.3) is 5.91 Å². The standard InChI is InChI=1S/C22H20F2N4O/c23-17-8-6-15(7-9-17)21(29)28-12-2-3-16(14-28)20-10-11-25-22(27-20)26-19-5-1-4-18(24)13-19/h1,4-11,13,16H,2-3,12,14H2,(H,25,26,27)/t16-/m1/s1. The lowest BCUT2D eigenvalue weighted by Gasteiger charge is -2.32. The molecule has 5 nitrogen and oxygen atoms in total. The van der Waals surface area contributed by atoms with Gasteiger partial charge in [-0.1, -0.05) is 6.07 Å². The number of hydrogen-bond donors (Lipinski definition) is 1. The zero-order chi connectivity index (χ0) is 20.2. The molecule has 0 radical (unpaired) electrons. The van der Waals surface area contributed by atoms with E-state index in [2.05, 4.69) is 15.3 Å². The summed E-state index contributed by atoms with van der Waals surface area (Å²) >= 11 is 0. The van der Waals surface area contributed by atoms with Crippen LogP contribution in [0.15, 0.2) is 60.8 Å². The largest absolute Gasteiger partial charge is 0.338 e. The zero-order valence-corrected chi connectivity index (χ0v) is 15.7. The maximum Gasteiger partial charge on any atom is 0.253 e. The first-order valence-electron chi connectivity index (χ1n) is 9.49. The number of piperidine rings is 1. The lowest BCUT2D eigenvalue weighted by atomic mass is 9.94. The molecule has 1 N–H and O–H groups in total. The van der Waals surface area contributed by atoms with Crippen LogP contribution in [0.4, 0.5) is 20.4 Å². The third kappa shape index (κ3) is 4.56. The van der Waals surface area contributed by atoms with E-state index in [9.17, 15) is 13.6 Å². The fraction of sp³-hybridized carbons (Fsp3) is 0.227. The van der Waals surface area contributed by atoms with E-state index in [1.165, 1.54) is 36.4 Å². The number of carbonyl (C=O) groups excluding carboxylic acids is 1. The number of amides is 1. The van der Waals surface area contributed by atoms with Crippen molar-refractivity contribution in [3.05, 3.63) is 83.7 Å². The summed E-state index contributed by atoms with van der Waals surface area (Å²) in [7, 11) is 0. The Morgan fingerprint density at radius 3 is 2.69 bits per heavy atom. The van der Waals surface area contributed by atoms with E-state index in [0.717, 1.165) is 18.5 Å². The second-order valence-corrected chi connectivity index (χ2v) is 7.04. The summed E-state index contributed by atoms with van der Waals surface area (Å²) < 4.78 is 26.5. The molecule has 29 heavy (non-hydrogen) atoms. The van der Waals surface area contributed by atoms with Gasteiger partial charge in [0.05, 0.1) is 5.69 Å². The first-order valence-corrected chi connectivity index (χ1v) is 9.49. The quantitative estimate of drug-likeness (QED) is 0.707. The number of hydrogen-bond acceptors (Lipinski definition) is 4. The Morgan fingerprint density at radius 1 is 1.07 bits per heavy atom. The monoisotopic (exact) mass is 394 g/mol. The van der Waals surface area contributed by atoms with Crippen LogP contribution in [-0.4, -0.2) is 33.9 Å². The number of aromatic nitrogens is 2. The van der Waals surface area contributed by atoms with Crippen molar-refractivity contribution in [3.63, 3.8) is 0 Å². The average Bonchev–Trinajstić information content (AvgIpc) is 2.74.